The van der Waals surface area contributed by atoms with Gasteiger partial charge in [-0.1, -0.05) is 60.2 Å². The quantitative estimate of drug-likeness (QED) is 0.843. The van der Waals surface area contributed by atoms with E-state index < -0.39 is 0 Å². The van der Waals surface area contributed by atoms with Gasteiger partial charge in [0.2, 0.25) is 0 Å². The third-order valence-electron chi connectivity index (χ3n) is 4.16. The third kappa shape index (κ3) is 4.97. The number of nitrogens with two attached hydrogens (primary N) is 1. The average Bonchev–Trinajstić information content (AvgIpc) is 2.48. The van der Waals surface area contributed by atoms with E-state index in [1.54, 1.807) is 0 Å². The smallest absolute Gasteiger partial charge is 0.0509 e. The summed E-state index contributed by atoms with van der Waals surface area (Å²) in [5, 5.41) is 0. The predicted octanol–water partition coefficient (Wildman–Crippen LogP) is 3.73. The Balaban J connectivity index is 1.82. The fourth-order valence-electron chi connectivity index (χ4n) is 2.86. The highest BCUT2D eigenvalue weighted by Gasteiger charge is 2.22. The van der Waals surface area contributed by atoms with Gasteiger partial charge in [-0.25, -0.2) is 0 Å². The number of rotatable bonds is 7. The zero-order valence-electron chi connectivity index (χ0n) is 14.0. The second-order valence-corrected chi connectivity index (χ2v) is 6.61. The topological polar surface area (TPSA) is 29.3 Å². The van der Waals surface area contributed by atoms with Crippen LogP contribution in [0.4, 0.5) is 0 Å². The van der Waals surface area contributed by atoms with Crippen LogP contribution in [0.2, 0.25) is 0 Å². The first-order valence-corrected chi connectivity index (χ1v) is 8.06. The Kier molecular flexibility index (Phi) is 5.76. The van der Waals surface area contributed by atoms with Crippen LogP contribution in [-0.2, 0) is 12.0 Å². The molecule has 0 aliphatic carbocycles. The maximum Gasteiger partial charge on any atom is 0.0509 e. The highest BCUT2D eigenvalue weighted by atomic mass is 15.1. The molecule has 0 aliphatic heterocycles. The molecule has 0 bridgehead atoms. The second-order valence-electron chi connectivity index (χ2n) is 6.61. The van der Waals surface area contributed by atoms with Gasteiger partial charge in [0.05, 0.1) is 5.54 Å². The van der Waals surface area contributed by atoms with E-state index in [-0.39, 0.29) is 5.54 Å². The van der Waals surface area contributed by atoms with Crippen LogP contribution in [0.15, 0.2) is 54.6 Å². The normalized spacial score (nSPS) is 14.0. The van der Waals surface area contributed by atoms with Gasteiger partial charge in [0.15, 0.2) is 0 Å². The molecule has 0 radical (unpaired) electrons. The largest absolute Gasteiger partial charge is 0.321 e. The van der Waals surface area contributed by atoms with Crippen molar-refractivity contribution in [2.75, 3.05) is 20.1 Å². The molecule has 2 nitrogen and oxygen atoms in total. The average molecular weight is 296 g/mol. The molecule has 2 aromatic carbocycles. The van der Waals surface area contributed by atoms with E-state index in [0.717, 1.165) is 25.9 Å². The van der Waals surface area contributed by atoms with Crippen molar-refractivity contribution in [1.82, 2.24) is 4.90 Å². The van der Waals surface area contributed by atoms with Crippen molar-refractivity contribution < 1.29 is 0 Å². The van der Waals surface area contributed by atoms with E-state index in [2.05, 4.69) is 80.4 Å². The molecular weight excluding hydrogens is 268 g/mol. The van der Waals surface area contributed by atoms with Gasteiger partial charge in [-0.05, 0) is 51.4 Å². The SMILES string of the molecule is Cc1ccc(C(C)(N)CN(C)CCCc2ccccc2)cc1. The summed E-state index contributed by atoms with van der Waals surface area (Å²) in [6, 6.07) is 19.2. The van der Waals surface area contributed by atoms with Gasteiger partial charge in [-0.2, -0.15) is 0 Å². The summed E-state index contributed by atoms with van der Waals surface area (Å²) in [6.45, 7) is 6.15. The van der Waals surface area contributed by atoms with Crippen LogP contribution in [0.1, 0.15) is 30.0 Å². The van der Waals surface area contributed by atoms with Crippen LogP contribution in [-0.4, -0.2) is 25.0 Å². The zero-order chi connectivity index (χ0) is 16.0. The molecular formula is C20H28N2. The Morgan fingerprint density at radius 2 is 1.64 bits per heavy atom. The molecule has 0 saturated carbocycles. The lowest BCUT2D eigenvalue weighted by Crippen LogP contribution is -2.44. The number of likely N-dealkylation sites (N-methyl/N-ethyl adjacent to an activating group) is 1. The van der Waals surface area contributed by atoms with E-state index in [1.165, 1.54) is 16.7 Å². The summed E-state index contributed by atoms with van der Waals surface area (Å²) < 4.78 is 0. The Morgan fingerprint density at radius 1 is 1.00 bits per heavy atom. The number of hydrogen-bond acceptors (Lipinski definition) is 2. The first-order valence-electron chi connectivity index (χ1n) is 8.06. The van der Waals surface area contributed by atoms with Gasteiger partial charge >= 0.3 is 0 Å². The van der Waals surface area contributed by atoms with E-state index >= 15 is 0 Å². The van der Waals surface area contributed by atoms with Crippen molar-refractivity contribution in [3.63, 3.8) is 0 Å². The number of benzene rings is 2. The fraction of sp³-hybridized carbons (Fsp3) is 0.400. The molecule has 0 aliphatic rings. The monoisotopic (exact) mass is 296 g/mol. The van der Waals surface area contributed by atoms with E-state index in [4.69, 9.17) is 5.73 Å². The van der Waals surface area contributed by atoms with Crippen LogP contribution < -0.4 is 5.73 Å². The maximum atomic E-state index is 6.53. The van der Waals surface area contributed by atoms with Gasteiger partial charge in [0, 0.05) is 6.54 Å². The van der Waals surface area contributed by atoms with E-state index in [0.29, 0.717) is 0 Å². The van der Waals surface area contributed by atoms with Crippen molar-refractivity contribution in [3.05, 3.63) is 71.3 Å². The summed E-state index contributed by atoms with van der Waals surface area (Å²) in [4.78, 5) is 2.34. The molecule has 0 fully saturated rings. The van der Waals surface area contributed by atoms with Gasteiger partial charge in [0.1, 0.15) is 0 Å². The lowest BCUT2D eigenvalue weighted by Gasteiger charge is -2.31. The summed E-state index contributed by atoms with van der Waals surface area (Å²) in [5.74, 6) is 0. The molecule has 0 amide bonds. The van der Waals surface area contributed by atoms with Crippen molar-refractivity contribution in [2.45, 2.75) is 32.2 Å². The molecule has 22 heavy (non-hydrogen) atoms. The molecule has 2 N–H and O–H groups in total. The molecule has 1 unspecified atom stereocenters. The predicted molar refractivity (Wildman–Crippen MR) is 95.0 cm³/mol. The summed E-state index contributed by atoms with van der Waals surface area (Å²) in [7, 11) is 2.16. The Hall–Kier alpha value is -1.64. The van der Waals surface area contributed by atoms with Crippen molar-refractivity contribution in [1.29, 1.82) is 0 Å². The molecule has 2 aromatic rings. The van der Waals surface area contributed by atoms with Crippen LogP contribution in [0.25, 0.3) is 0 Å². The number of aryl methyl sites for hydroxylation is 2. The summed E-state index contributed by atoms with van der Waals surface area (Å²) in [5.41, 5.74) is 10.1. The van der Waals surface area contributed by atoms with Crippen LogP contribution in [0.5, 0.6) is 0 Å². The summed E-state index contributed by atoms with van der Waals surface area (Å²) in [6.07, 6.45) is 2.28. The minimum atomic E-state index is -0.310. The second kappa shape index (κ2) is 7.57. The highest BCUT2D eigenvalue weighted by Crippen LogP contribution is 2.19. The Bertz CT molecular complexity index is 558. The molecule has 0 saturated heterocycles. The maximum absolute atomic E-state index is 6.53. The van der Waals surface area contributed by atoms with Crippen molar-refractivity contribution in [3.8, 4) is 0 Å². The lowest BCUT2D eigenvalue weighted by atomic mass is 9.92. The molecule has 2 rings (SSSR count). The van der Waals surface area contributed by atoms with E-state index in [1.807, 2.05) is 0 Å². The van der Waals surface area contributed by atoms with Crippen LogP contribution in [0.3, 0.4) is 0 Å². The minimum Gasteiger partial charge on any atom is -0.321 e. The van der Waals surface area contributed by atoms with Gasteiger partial charge < -0.3 is 10.6 Å². The van der Waals surface area contributed by atoms with Crippen LogP contribution in [0, 0.1) is 6.92 Å². The first kappa shape index (κ1) is 16.7. The fourth-order valence-corrected chi connectivity index (χ4v) is 2.86. The first-order chi connectivity index (χ1) is 10.5. The highest BCUT2D eigenvalue weighted by molar-refractivity contribution is 5.27. The molecule has 2 heteroatoms. The van der Waals surface area contributed by atoms with Crippen LogP contribution >= 0.6 is 0 Å². The van der Waals surface area contributed by atoms with Crippen molar-refractivity contribution in [2.24, 2.45) is 5.73 Å². The molecule has 118 valence electrons. The van der Waals surface area contributed by atoms with Gasteiger partial charge in [-0.3, -0.25) is 0 Å². The molecule has 0 heterocycles. The number of hydrogen-bond donors (Lipinski definition) is 1. The molecule has 0 spiro atoms. The third-order valence-corrected chi connectivity index (χ3v) is 4.16. The number of nitrogens with zero attached hydrogens (tertiary/aromatic N) is 1. The summed E-state index contributed by atoms with van der Waals surface area (Å²) >= 11 is 0. The van der Waals surface area contributed by atoms with Gasteiger partial charge in [0.25, 0.3) is 0 Å². The Morgan fingerprint density at radius 3 is 2.27 bits per heavy atom. The lowest BCUT2D eigenvalue weighted by molar-refractivity contribution is 0.257. The molecule has 1 atom stereocenters. The van der Waals surface area contributed by atoms with Gasteiger partial charge in [-0.15, -0.1) is 0 Å². The Labute approximate surface area is 135 Å². The molecule has 0 aromatic heterocycles. The minimum absolute atomic E-state index is 0.310. The standard InChI is InChI=1S/C20H28N2/c1-17-11-13-19(14-12-17)20(2,21)16-22(3)15-7-10-18-8-5-4-6-9-18/h4-6,8-9,11-14H,7,10,15-16,21H2,1-3H3. The van der Waals surface area contributed by atoms with Crippen molar-refractivity contribution >= 4 is 0 Å². The zero-order valence-corrected chi connectivity index (χ0v) is 14.0. The van der Waals surface area contributed by atoms with E-state index in [9.17, 15) is 0 Å².